The predicted molar refractivity (Wildman–Crippen MR) is 71.0 cm³/mol. The van der Waals surface area contributed by atoms with Crippen molar-refractivity contribution >= 4 is 5.69 Å². The van der Waals surface area contributed by atoms with Crippen molar-refractivity contribution in [2.75, 3.05) is 5.32 Å². The van der Waals surface area contributed by atoms with Gasteiger partial charge in [-0.25, -0.2) is 0 Å². The molecule has 17 heavy (non-hydrogen) atoms. The number of benzene rings is 1. The first kappa shape index (κ1) is 11.7. The van der Waals surface area contributed by atoms with E-state index in [-0.39, 0.29) is 0 Å². The van der Waals surface area contributed by atoms with E-state index in [0.29, 0.717) is 0 Å². The SMILES string of the molecule is CCCc1ccc(NCc2ccnn2C)cc1. The van der Waals surface area contributed by atoms with Crippen molar-refractivity contribution in [3.63, 3.8) is 0 Å². The van der Waals surface area contributed by atoms with Gasteiger partial charge in [0.25, 0.3) is 0 Å². The summed E-state index contributed by atoms with van der Waals surface area (Å²) in [5.41, 5.74) is 3.74. The highest BCUT2D eigenvalue weighted by Crippen LogP contribution is 2.12. The molecule has 0 fully saturated rings. The van der Waals surface area contributed by atoms with Crippen LogP contribution in [0.4, 0.5) is 5.69 Å². The van der Waals surface area contributed by atoms with Gasteiger partial charge in [0.15, 0.2) is 0 Å². The molecule has 0 unspecified atom stereocenters. The molecule has 1 heterocycles. The van der Waals surface area contributed by atoms with E-state index in [1.165, 1.54) is 17.7 Å². The first-order valence-corrected chi connectivity index (χ1v) is 6.09. The smallest absolute Gasteiger partial charge is 0.0571 e. The van der Waals surface area contributed by atoms with Crippen LogP contribution in [0.25, 0.3) is 0 Å². The molecule has 0 aliphatic rings. The molecule has 3 nitrogen and oxygen atoms in total. The number of nitrogens with zero attached hydrogens (tertiary/aromatic N) is 2. The number of aryl methyl sites for hydroxylation is 2. The van der Waals surface area contributed by atoms with Gasteiger partial charge in [-0.15, -0.1) is 0 Å². The molecule has 0 aliphatic carbocycles. The molecule has 0 aliphatic heterocycles. The molecule has 1 aromatic heterocycles. The molecule has 1 N–H and O–H groups in total. The third kappa shape index (κ3) is 3.09. The predicted octanol–water partition coefficient (Wildman–Crippen LogP) is 2.98. The number of aromatic nitrogens is 2. The summed E-state index contributed by atoms with van der Waals surface area (Å²) < 4.78 is 1.89. The van der Waals surface area contributed by atoms with Crippen molar-refractivity contribution in [3.05, 3.63) is 47.8 Å². The van der Waals surface area contributed by atoms with Gasteiger partial charge in [0.05, 0.1) is 12.2 Å². The normalized spacial score (nSPS) is 10.5. The van der Waals surface area contributed by atoms with Crippen LogP contribution in [0, 0.1) is 0 Å². The molecule has 90 valence electrons. The maximum absolute atomic E-state index is 4.14. The van der Waals surface area contributed by atoms with Crippen LogP contribution in [-0.4, -0.2) is 9.78 Å². The Hall–Kier alpha value is -1.77. The third-order valence-corrected chi connectivity index (χ3v) is 2.89. The summed E-state index contributed by atoms with van der Waals surface area (Å²) in [6.45, 7) is 3.01. The Balaban J connectivity index is 1.93. The number of nitrogens with one attached hydrogen (secondary N) is 1. The number of anilines is 1. The van der Waals surface area contributed by atoms with E-state index in [1.54, 1.807) is 0 Å². The van der Waals surface area contributed by atoms with E-state index in [4.69, 9.17) is 0 Å². The monoisotopic (exact) mass is 229 g/mol. The number of rotatable bonds is 5. The lowest BCUT2D eigenvalue weighted by Crippen LogP contribution is -2.05. The zero-order valence-electron chi connectivity index (χ0n) is 10.5. The van der Waals surface area contributed by atoms with Gasteiger partial charge in [0, 0.05) is 18.9 Å². The lowest BCUT2D eigenvalue weighted by molar-refractivity contribution is 0.720. The van der Waals surface area contributed by atoms with Crippen molar-refractivity contribution in [1.82, 2.24) is 9.78 Å². The largest absolute Gasteiger partial charge is 0.379 e. The van der Waals surface area contributed by atoms with Gasteiger partial charge in [0.1, 0.15) is 0 Å². The Morgan fingerprint density at radius 2 is 1.94 bits per heavy atom. The molecule has 0 bridgehead atoms. The van der Waals surface area contributed by atoms with Crippen molar-refractivity contribution in [3.8, 4) is 0 Å². The zero-order chi connectivity index (χ0) is 12.1. The topological polar surface area (TPSA) is 29.9 Å². The second kappa shape index (κ2) is 5.53. The van der Waals surface area contributed by atoms with Crippen LogP contribution >= 0.6 is 0 Å². The van der Waals surface area contributed by atoms with Crippen LogP contribution in [-0.2, 0) is 20.0 Å². The lowest BCUT2D eigenvalue weighted by atomic mass is 10.1. The molecule has 3 heteroatoms. The summed E-state index contributed by atoms with van der Waals surface area (Å²) in [5.74, 6) is 0. The lowest BCUT2D eigenvalue weighted by Gasteiger charge is -2.07. The molecule has 0 amide bonds. The van der Waals surface area contributed by atoms with Crippen LogP contribution in [0.2, 0.25) is 0 Å². The van der Waals surface area contributed by atoms with Crippen LogP contribution in [0.5, 0.6) is 0 Å². The minimum absolute atomic E-state index is 0.809. The first-order chi connectivity index (χ1) is 8.29. The molecule has 0 atom stereocenters. The third-order valence-electron chi connectivity index (χ3n) is 2.89. The average molecular weight is 229 g/mol. The molecule has 0 radical (unpaired) electrons. The molecule has 0 spiro atoms. The molecule has 2 rings (SSSR count). The average Bonchev–Trinajstić information content (AvgIpc) is 2.75. The molecule has 0 saturated carbocycles. The fourth-order valence-corrected chi connectivity index (χ4v) is 1.85. The highest BCUT2D eigenvalue weighted by Gasteiger charge is 1.98. The van der Waals surface area contributed by atoms with Gasteiger partial charge in [-0.1, -0.05) is 25.5 Å². The molecular weight excluding hydrogens is 210 g/mol. The van der Waals surface area contributed by atoms with E-state index in [9.17, 15) is 0 Å². The van der Waals surface area contributed by atoms with Crippen LogP contribution in [0.1, 0.15) is 24.6 Å². The van der Waals surface area contributed by atoms with E-state index in [0.717, 1.165) is 18.7 Å². The maximum Gasteiger partial charge on any atom is 0.0571 e. The highest BCUT2D eigenvalue weighted by molar-refractivity contribution is 5.44. The van der Waals surface area contributed by atoms with Crippen molar-refractivity contribution in [2.24, 2.45) is 7.05 Å². The van der Waals surface area contributed by atoms with Crippen molar-refractivity contribution in [2.45, 2.75) is 26.3 Å². The summed E-state index contributed by atoms with van der Waals surface area (Å²) in [6.07, 6.45) is 4.17. The van der Waals surface area contributed by atoms with Crippen LogP contribution < -0.4 is 5.32 Å². The van der Waals surface area contributed by atoms with Gasteiger partial charge in [-0.05, 0) is 30.2 Å². The maximum atomic E-state index is 4.14. The summed E-state index contributed by atoms with van der Waals surface area (Å²) >= 11 is 0. The molecule has 0 saturated heterocycles. The van der Waals surface area contributed by atoms with Gasteiger partial charge in [-0.3, -0.25) is 4.68 Å². The summed E-state index contributed by atoms with van der Waals surface area (Å²) in [7, 11) is 1.96. The summed E-state index contributed by atoms with van der Waals surface area (Å²) in [4.78, 5) is 0. The van der Waals surface area contributed by atoms with E-state index in [2.05, 4.69) is 41.6 Å². The number of hydrogen-bond donors (Lipinski definition) is 1. The quantitative estimate of drug-likeness (QED) is 0.854. The first-order valence-electron chi connectivity index (χ1n) is 6.09. The Morgan fingerprint density at radius 1 is 1.18 bits per heavy atom. The van der Waals surface area contributed by atoms with Crippen LogP contribution in [0.15, 0.2) is 36.5 Å². The molecule has 2 aromatic rings. The minimum atomic E-state index is 0.809. The minimum Gasteiger partial charge on any atom is -0.379 e. The van der Waals surface area contributed by atoms with E-state index >= 15 is 0 Å². The summed E-state index contributed by atoms with van der Waals surface area (Å²) in [5, 5.41) is 7.54. The van der Waals surface area contributed by atoms with Crippen molar-refractivity contribution in [1.29, 1.82) is 0 Å². The Kier molecular flexibility index (Phi) is 3.81. The fourth-order valence-electron chi connectivity index (χ4n) is 1.85. The van der Waals surface area contributed by atoms with Gasteiger partial charge < -0.3 is 5.32 Å². The Morgan fingerprint density at radius 3 is 2.53 bits per heavy atom. The van der Waals surface area contributed by atoms with Crippen LogP contribution in [0.3, 0.4) is 0 Å². The van der Waals surface area contributed by atoms with Gasteiger partial charge >= 0.3 is 0 Å². The van der Waals surface area contributed by atoms with E-state index in [1.807, 2.05) is 24.0 Å². The Labute approximate surface area is 102 Å². The zero-order valence-corrected chi connectivity index (χ0v) is 10.5. The standard InChI is InChI=1S/C14H19N3/c1-3-4-12-5-7-13(8-6-12)15-11-14-9-10-16-17(14)2/h5-10,15H,3-4,11H2,1-2H3. The second-order valence-electron chi connectivity index (χ2n) is 4.25. The molecule has 1 aromatic carbocycles. The van der Waals surface area contributed by atoms with Gasteiger partial charge in [0.2, 0.25) is 0 Å². The summed E-state index contributed by atoms with van der Waals surface area (Å²) in [6, 6.07) is 10.7. The van der Waals surface area contributed by atoms with Gasteiger partial charge in [-0.2, -0.15) is 5.10 Å². The highest BCUT2D eigenvalue weighted by atomic mass is 15.3. The second-order valence-corrected chi connectivity index (χ2v) is 4.25. The molecular formula is C14H19N3. The van der Waals surface area contributed by atoms with E-state index < -0.39 is 0 Å². The van der Waals surface area contributed by atoms with Crippen molar-refractivity contribution < 1.29 is 0 Å². The fraction of sp³-hybridized carbons (Fsp3) is 0.357. The number of hydrogen-bond acceptors (Lipinski definition) is 2. The Bertz CT molecular complexity index is 457.